The van der Waals surface area contributed by atoms with E-state index >= 15 is 0 Å². The molecule has 0 amide bonds. The van der Waals surface area contributed by atoms with Crippen LogP contribution in [0.15, 0.2) is 52.1 Å². The molecule has 1 N–H and O–H groups in total. The molecule has 0 bridgehead atoms. The molecule has 0 aromatic heterocycles. The summed E-state index contributed by atoms with van der Waals surface area (Å²) in [6, 6.07) is 13.7. The molecule has 3 rings (SSSR count). The number of aryl methyl sites for hydroxylation is 3. The van der Waals surface area contributed by atoms with E-state index < -0.39 is 10.9 Å². The highest BCUT2D eigenvalue weighted by Crippen LogP contribution is 2.28. The highest BCUT2D eigenvalue weighted by atomic mass is 16.2. The second-order valence-electron chi connectivity index (χ2n) is 5.89. The predicted octanol–water partition coefficient (Wildman–Crippen LogP) is 3.87. The first-order valence-electron chi connectivity index (χ1n) is 7.78. The number of anilines is 2. The van der Waals surface area contributed by atoms with Gasteiger partial charge in [-0.15, -0.1) is 0 Å². The van der Waals surface area contributed by atoms with Crippen LogP contribution in [0.2, 0.25) is 0 Å². The van der Waals surface area contributed by atoms with Crippen LogP contribution in [0, 0.1) is 13.8 Å². The molecule has 0 saturated carbocycles. The summed E-state index contributed by atoms with van der Waals surface area (Å²) >= 11 is 0. The van der Waals surface area contributed by atoms with Gasteiger partial charge in [-0.2, -0.15) is 0 Å². The molecule has 3 heteroatoms. The Bertz CT molecular complexity index is 947. The van der Waals surface area contributed by atoms with Crippen molar-refractivity contribution in [2.24, 2.45) is 0 Å². The summed E-state index contributed by atoms with van der Waals surface area (Å²) in [5, 5.41) is 3.13. The molecule has 23 heavy (non-hydrogen) atoms. The maximum absolute atomic E-state index is 12.0. The minimum absolute atomic E-state index is 0.395. The predicted molar refractivity (Wildman–Crippen MR) is 95.4 cm³/mol. The second kappa shape index (κ2) is 5.84. The summed E-state index contributed by atoms with van der Waals surface area (Å²) in [6.45, 7) is 6.11. The average Bonchev–Trinajstić information content (AvgIpc) is 2.57. The highest BCUT2D eigenvalue weighted by molar-refractivity contribution is 5.85. The van der Waals surface area contributed by atoms with E-state index in [-0.39, 0.29) is 0 Å². The van der Waals surface area contributed by atoms with Gasteiger partial charge in [0.1, 0.15) is 5.69 Å². The zero-order valence-electron chi connectivity index (χ0n) is 13.6. The van der Waals surface area contributed by atoms with Crippen molar-refractivity contribution >= 4 is 11.4 Å². The Balaban J connectivity index is 2.01. The van der Waals surface area contributed by atoms with Crippen LogP contribution < -0.4 is 16.2 Å². The van der Waals surface area contributed by atoms with Crippen LogP contribution in [-0.2, 0) is 6.42 Å². The average molecular weight is 305 g/mol. The fourth-order valence-electron chi connectivity index (χ4n) is 2.70. The molecule has 0 saturated heterocycles. The lowest BCUT2D eigenvalue weighted by Crippen LogP contribution is -2.35. The molecule has 3 aromatic carbocycles. The smallest absolute Gasteiger partial charge is 0.250 e. The molecule has 116 valence electrons. The van der Waals surface area contributed by atoms with Crippen molar-refractivity contribution in [3.8, 4) is 11.1 Å². The normalized spacial score (nSPS) is 10.9. The molecular weight excluding hydrogens is 286 g/mol. The first kappa shape index (κ1) is 15.2. The van der Waals surface area contributed by atoms with Crippen LogP contribution in [0.1, 0.15) is 23.6 Å². The van der Waals surface area contributed by atoms with E-state index in [0.29, 0.717) is 11.3 Å². The Morgan fingerprint density at radius 2 is 1.70 bits per heavy atom. The molecule has 0 atom stereocenters. The third-order valence-electron chi connectivity index (χ3n) is 4.31. The lowest BCUT2D eigenvalue weighted by molar-refractivity contribution is 1.14. The van der Waals surface area contributed by atoms with E-state index in [2.05, 4.69) is 12.2 Å². The Kier molecular flexibility index (Phi) is 3.87. The van der Waals surface area contributed by atoms with Crippen molar-refractivity contribution in [1.82, 2.24) is 0 Å². The number of rotatable bonds is 4. The Morgan fingerprint density at radius 3 is 2.39 bits per heavy atom. The number of nitrogens with one attached hydrogen (secondary N) is 1. The van der Waals surface area contributed by atoms with Crippen LogP contribution in [-0.4, -0.2) is 0 Å². The Hall–Kier alpha value is -2.68. The lowest BCUT2D eigenvalue weighted by Gasteiger charge is -2.15. The van der Waals surface area contributed by atoms with Crippen molar-refractivity contribution in [1.29, 1.82) is 0 Å². The van der Waals surface area contributed by atoms with Crippen LogP contribution in [0.5, 0.6) is 0 Å². The van der Waals surface area contributed by atoms with Crippen LogP contribution in [0.25, 0.3) is 11.1 Å². The zero-order chi connectivity index (χ0) is 16.6. The number of hydrogen-bond donors (Lipinski definition) is 1. The molecule has 0 unspecified atom stereocenters. The quantitative estimate of drug-likeness (QED) is 0.744. The molecule has 0 aliphatic rings. The van der Waals surface area contributed by atoms with Gasteiger partial charge in [0, 0.05) is 5.69 Å². The third-order valence-corrected chi connectivity index (χ3v) is 4.31. The lowest BCUT2D eigenvalue weighted by atomic mass is 9.95. The van der Waals surface area contributed by atoms with E-state index in [9.17, 15) is 9.59 Å². The molecule has 0 aliphatic carbocycles. The highest BCUT2D eigenvalue weighted by Gasteiger charge is 2.22. The topological polar surface area (TPSA) is 46.2 Å². The van der Waals surface area contributed by atoms with Crippen molar-refractivity contribution < 1.29 is 0 Å². The Labute approximate surface area is 135 Å². The molecule has 0 heterocycles. The van der Waals surface area contributed by atoms with E-state index in [0.717, 1.165) is 28.8 Å². The Morgan fingerprint density at radius 1 is 0.913 bits per heavy atom. The molecule has 3 nitrogen and oxygen atoms in total. The van der Waals surface area contributed by atoms with E-state index in [1.54, 1.807) is 0 Å². The monoisotopic (exact) mass is 305 g/mol. The summed E-state index contributed by atoms with van der Waals surface area (Å²) in [4.78, 5) is 24.0. The molecule has 3 aromatic rings. The van der Waals surface area contributed by atoms with Gasteiger partial charge in [0.05, 0.1) is 5.56 Å². The minimum Gasteiger partial charge on any atom is -0.352 e. The van der Waals surface area contributed by atoms with Gasteiger partial charge in [0.15, 0.2) is 0 Å². The van der Waals surface area contributed by atoms with Gasteiger partial charge in [-0.1, -0.05) is 37.3 Å². The maximum atomic E-state index is 12.0. The minimum atomic E-state index is -0.444. The number of hydrogen-bond acceptors (Lipinski definition) is 3. The van der Waals surface area contributed by atoms with Crippen LogP contribution in [0.3, 0.4) is 0 Å². The fourth-order valence-corrected chi connectivity index (χ4v) is 2.70. The van der Waals surface area contributed by atoms with Gasteiger partial charge >= 0.3 is 0 Å². The summed E-state index contributed by atoms with van der Waals surface area (Å²) in [5.74, 6) is 0. The van der Waals surface area contributed by atoms with Gasteiger partial charge in [-0.25, -0.2) is 0 Å². The second-order valence-corrected chi connectivity index (χ2v) is 5.89. The van der Waals surface area contributed by atoms with Gasteiger partial charge in [-0.3, -0.25) is 9.59 Å². The van der Waals surface area contributed by atoms with Gasteiger partial charge < -0.3 is 5.32 Å². The van der Waals surface area contributed by atoms with Crippen molar-refractivity contribution in [2.45, 2.75) is 27.2 Å². The number of benzene rings is 2. The molecular formula is C20H19NO2. The molecule has 0 radical (unpaired) electrons. The third kappa shape index (κ3) is 2.70. The van der Waals surface area contributed by atoms with E-state index in [1.165, 1.54) is 5.56 Å². The van der Waals surface area contributed by atoms with Crippen molar-refractivity contribution in [3.05, 3.63) is 79.6 Å². The van der Waals surface area contributed by atoms with Gasteiger partial charge in [0.25, 0.3) is 5.43 Å². The fraction of sp³-hybridized carbons (Fsp3) is 0.200. The standard InChI is InChI=1S/C20H19NO2/c1-4-14-6-5-7-16(11-14)21-18-17(19(22)20(18)23)15-9-8-12(2)13(3)10-15/h5-11,21H,4H2,1-3H3. The van der Waals surface area contributed by atoms with E-state index in [1.807, 2.05) is 56.3 Å². The molecule has 0 aliphatic heterocycles. The summed E-state index contributed by atoms with van der Waals surface area (Å²) in [5.41, 5.74) is 5.11. The summed E-state index contributed by atoms with van der Waals surface area (Å²) in [6.07, 6.45) is 0.922. The SMILES string of the molecule is CCc1cccc(Nc2c(-c3ccc(C)c(C)c3)c(=O)c2=O)c1. The molecule has 0 spiro atoms. The summed E-state index contributed by atoms with van der Waals surface area (Å²) in [7, 11) is 0. The maximum Gasteiger partial charge on any atom is 0.250 e. The van der Waals surface area contributed by atoms with Crippen LogP contribution >= 0.6 is 0 Å². The van der Waals surface area contributed by atoms with Gasteiger partial charge in [0.2, 0.25) is 5.43 Å². The van der Waals surface area contributed by atoms with E-state index in [4.69, 9.17) is 0 Å². The van der Waals surface area contributed by atoms with Crippen LogP contribution in [0.4, 0.5) is 11.4 Å². The molecule has 0 fully saturated rings. The largest absolute Gasteiger partial charge is 0.352 e. The first-order valence-corrected chi connectivity index (χ1v) is 7.78. The summed E-state index contributed by atoms with van der Waals surface area (Å²) < 4.78 is 0. The van der Waals surface area contributed by atoms with Crippen molar-refractivity contribution in [2.75, 3.05) is 5.32 Å². The first-order chi connectivity index (χ1) is 11.0. The van der Waals surface area contributed by atoms with Gasteiger partial charge in [-0.05, 0) is 54.7 Å². The zero-order valence-corrected chi connectivity index (χ0v) is 13.6. The van der Waals surface area contributed by atoms with Crippen molar-refractivity contribution in [3.63, 3.8) is 0 Å².